The van der Waals surface area contributed by atoms with Gasteiger partial charge in [0.15, 0.2) is 0 Å². The van der Waals surface area contributed by atoms with E-state index >= 15 is 0 Å². The van der Waals surface area contributed by atoms with Gasteiger partial charge in [0.05, 0.1) is 4.90 Å². The number of nitrogens with zero attached hydrogens (tertiary/aromatic N) is 1. The number of carbonyl (C=O) groups excluding carboxylic acids is 2. The summed E-state index contributed by atoms with van der Waals surface area (Å²) in [5, 5.41) is 2.92. The van der Waals surface area contributed by atoms with Gasteiger partial charge in [-0.15, -0.1) is 0 Å². The quantitative estimate of drug-likeness (QED) is 0.336. The Kier molecular flexibility index (Phi) is 9.48. The lowest BCUT2D eigenvalue weighted by molar-refractivity contribution is -0.140. The summed E-state index contributed by atoms with van der Waals surface area (Å²) >= 11 is 0. The third-order valence-corrected chi connectivity index (χ3v) is 8.29. The Morgan fingerprint density at radius 1 is 0.897 bits per heavy atom. The minimum Gasteiger partial charge on any atom is -0.354 e. The number of amides is 2. The molecule has 0 bridgehead atoms. The molecule has 2 N–H and O–H groups in total. The van der Waals surface area contributed by atoms with E-state index in [9.17, 15) is 22.4 Å². The molecule has 0 aliphatic heterocycles. The zero-order valence-corrected chi connectivity index (χ0v) is 22.8. The summed E-state index contributed by atoms with van der Waals surface area (Å²) in [6, 6.07) is 21.5. The molecular weight excluding hydrogens is 517 g/mol. The highest BCUT2D eigenvalue weighted by atomic mass is 32.2. The standard InChI is InChI=1S/C30H34FN3O4S/c1-22(30(36)32-20-19-23-5-3-2-4-6-23)34(21-25-7-12-26(31)13-8-25)29(35)18-11-24-9-16-28(17-10-24)39(37,38)33-27-14-15-27/h2-10,12-13,16-17,22,27,33H,11,14-15,18-21H2,1H3,(H,32,36)/t22-/m1/s1. The first-order valence-electron chi connectivity index (χ1n) is 13.2. The molecule has 3 aromatic rings. The highest BCUT2D eigenvalue weighted by Gasteiger charge is 2.28. The van der Waals surface area contributed by atoms with E-state index in [1.54, 1.807) is 43.3 Å². The minimum atomic E-state index is -3.54. The van der Waals surface area contributed by atoms with E-state index in [4.69, 9.17) is 0 Å². The fourth-order valence-corrected chi connectivity index (χ4v) is 5.52. The summed E-state index contributed by atoms with van der Waals surface area (Å²) in [7, 11) is -3.54. The number of nitrogens with one attached hydrogen (secondary N) is 2. The van der Waals surface area contributed by atoms with Crippen molar-refractivity contribution < 1.29 is 22.4 Å². The molecule has 1 atom stereocenters. The molecule has 1 fully saturated rings. The largest absolute Gasteiger partial charge is 0.354 e. The zero-order chi connectivity index (χ0) is 27.8. The van der Waals surface area contributed by atoms with Gasteiger partial charge in [-0.3, -0.25) is 9.59 Å². The Balaban J connectivity index is 1.38. The van der Waals surface area contributed by atoms with Gasteiger partial charge in [0, 0.05) is 25.6 Å². The van der Waals surface area contributed by atoms with Gasteiger partial charge in [-0.05, 0) is 73.6 Å². The van der Waals surface area contributed by atoms with Crippen molar-refractivity contribution in [2.75, 3.05) is 6.54 Å². The SMILES string of the molecule is C[C@H](C(=O)NCCc1ccccc1)N(Cc1ccc(F)cc1)C(=O)CCc1ccc(S(=O)(=O)NC2CC2)cc1. The normalized spacial score (nSPS) is 14.0. The number of sulfonamides is 1. The average Bonchev–Trinajstić information content (AvgIpc) is 3.75. The minimum absolute atomic E-state index is 0.0249. The van der Waals surface area contributed by atoms with Gasteiger partial charge in [0.2, 0.25) is 21.8 Å². The van der Waals surface area contributed by atoms with Gasteiger partial charge in [0.1, 0.15) is 11.9 Å². The fraction of sp³-hybridized carbons (Fsp3) is 0.333. The van der Waals surface area contributed by atoms with Crippen LogP contribution in [0.15, 0.2) is 83.8 Å². The third-order valence-electron chi connectivity index (χ3n) is 6.75. The second-order valence-corrected chi connectivity index (χ2v) is 11.6. The summed E-state index contributed by atoms with van der Waals surface area (Å²) < 4.78 is 40.9. The average molecular weight is 552 g/mol. The van der Waals surface area contributed by atoms with Crippen LogP contribution in [0.1, 0.15) is 42.9 Å². The van der Waals surface area contributed by atoms with E-state index in [2.05, 4.69) is 10.0 Å². The molecule has 4 rings (SSSR count). The Morgan fingerprint density at radius 3 is 2.15 bits per heavy atom. The molecule has 9 heteroatoms. The van der Waals surface area contributed by atoms with Crippen LogP contribution in [0.25, 0.3) is 0 Å². The number of rotatable bonds is 13. The van der Waals surface area contributed by atoms with Crippen LogP contribution in [0.5, 0.6) is 0 Å². The van der Waals surface area contributed by atoms with Crippen molar-refractivity contribution in [1.29, 1.82) is 0 Å². The summed E-state index contributed by atoms with van der Waals surface area (Å²) in [6.07, 6.45) is 2.91. The molecule has 7 nitrogen and oxygen atoms in total. The van der Waals surface area contributed by atoms with Gasteiger partial charge in [-0.25, -0.2) is 17.5 Å². The van der Waals surface area contributed by atoms with Crippen LogP contribution in [0.2, 0.25) is 0 Å². The van der Waals surface area contributed by atoms with Crippen LogP contribution in [0.4, 0.5) is 4.39 Å². The van der Waals surface area contributed by atoms with Crippen LogP contribution in [0.3, 0.4) is 0 Å². The fourth-order valence-electron chi connectivity index (χ4n) is 4.21. The lowest BCUT2D eigenvalue weighted by Gasteiger charge is -2.29. The monoisotopic (exact) mass is 551 g/mol. The van der Waals surface area contributed by atoms with Gasteiger partial charge in [-0.1, -0.05) is 54.6 Å². The van der Waals surface area contributed by atoms with Crippen molar-refractivity contribution in [2.24, 2.45) is 0 Å². The van der Waals surface area contributed by atoms with E-state index in [-0.39, 0.29) is 41.5 Å². The highest BCUT2D eigenvalue weighted by molar-refractivity contribution is 7.89. The van der Waals surface area contributed by atoms with Crippen molar-refractivity contribution in [3.63, 3.8) is 0 Å². The molecule has 2 amide bonds. The Bertz CT molecular complexity index is 1360. The van der Waals surface area contributed by atoms with E-state index in [1.807, 2.05) is 30.3 Å². The molecule has 1 saturated carbocycles. The molecule has 1 aliphatic carbocycles. The summed E-state index contributed by atoms with van der Waals surface area (Å²) in [6.45, 7) is 2.29. The molecule has 0 radical (unpaired) electrons. The van der Waals surface area contributed by atoms with Crippen molar-refractivity contribution in [2.45, 2.75) is 62.6 Å². The summed E-state index contributed by atoms with van der Waals surface area (Å²) in [5.74, 6) is -0.864. The lowest BCUT2D eigenvalue weighted by atomic mass is 10.1. The molecule has 0 spiro atoms. The van der Waals surface area contributed by atoms with Gasteiger partial charge in [0.25, 0.3) is 0 Å². The second-order valence-electron chi connectivity index (χ2n) is 9.89. The van der Waals surface area contributed by atoms with Crippen molar-refractivity contribution in [3.8, 4) is 0 Å². The maximum absolute atomic E-state index is 13.4. The molecule has 3 aromatic carbocycles. The Labute approximate surface area is 229 Å². The first kappa shape index (κ1) is 28.4. The molecule has 0 aromatic heterocycles. The van der Waals surface area contributed by atoms with Crippen LogP contribution in [-0.4, -0.2) is 43.8 Å². The van der Waals surface area contributed by atoms with Crippen LogP contribution < -0.4 is 10.0 Å². The van der Waals surface area contributed by atoms with E-state index in [0.717, 1.165) is 24.0 Å². The predicted octanol–water partition coefficient (Wildman–Crippen LogP) is 3.98. The number of carbonyl (C=O) groups is 2. The first-order chi connectivity index (χ1) is 18.7. The van der Waals surface area contributed by atoms with Crippen molar-refractivity contribution >= 4 is 21.8 Å². The van der Waals surface area contributed by atoms with Gasteiger partial charge < -0.3 is 10.2 Å². The van der Waals surface area contributed by atoms with E-state index < -0.39 is 16.1 Å². The number of aryl methyl sites for hydroxylation is 1. The molecule has 0 saturated heterocycles. The van der Waals surface area contributed by atoms with Crippen LogP contribution >= 0.6 is 0 Å². The lowest BCUT2D eigenvalue weighted by Crippen LogP contribution is -2.48. The predicted molar refractivity (Wildman–Crippen MR) is 148 cm³/mol. The number of halogens is 1. The molecule has 0 unspecified atom stereocenters. The van der Waals surface area contributed by atoms with Gasteiger partial charge in [-0.2, -0.15) is 0 Å². The summed E-state index contributed by atoms with van der Waals surface area (Å²) in [4.78, 5) is 28.0. The van der Waals surface area contributed by atoms with Gasteiger partial charge >= 0.3 is 0 Å². The number of benzene rings is 3. The van der Waals surface area contributed by atoms with E-state index in [1.165, 1.54) is 17.0 Å². The maximum Gasteiger partial charge on any atom is 0.242 e. The van der Waals surface area contributed by atoms with Crippen LogP contribution in [0, 0.1) is 5.82 Å². The van der Waals surface area contributed by atoms with E-state index in [0.29, 0.717) is 24.9 Å². The first-order valence-corrected chi connectivity index (χ1v) is 14.7. The smallest absolute Gasteiger partial charge is 0.242 e. The molecule has 1 aliphatic rings. The number of hydrogen-bond acceptors (Lipinski definition) is 4. The molecular formula is C30H34FN3O4S. The number of hydrogen-bond donors (Lipinski definition) is 2. The molecule has 0 heterocycles. The third kappa shape index (κ3) is 8.46. The zero-order valence-electron chi connectivity index (χ0n) is 22.0. The van der Waals surface area contributed by atoms with Crippen LogP contribution in [-0.2, 0) is 39.0 Å². The van der Waals surface area contributed by atoms with Crippen molar-refractivity contribution in [1.82, 2.24) is 14.9 Å². The molecule has 206 valence electrons. The highest BCUT2D eigenvalue weighted by Crippen LogP contribution is 2.22. The second kappa shape index (κ2) is 13.0. The topological polar surface area (TPSA) is 95.6 Å². The maximum atomic E-state index is 13.4. The Morgan fingerprint density at radius 2 is 1.51 bits per heavy atom. The summed E-state index contributed by atoms with van der Waals surface area (Å²) in [5.41, 5.74) is 2.63. The van der Waals surface area contributed by atoms with Crippen molar-refractivity contribution in [3.05, 3.63) is 101 Å². The molecule has 39 heavy (non-hydrogen) atoms. The Hall–Kier alpha value is -3.56.